The zero-order chi connectivity index (χ0) is 24.5. The Morgan fingerprint density at radius 1 is 0.886 bits per heavy atom. The summed E-state index contributed by atoms with van der Waals surface area (Å²) in [7, 11) is 0. The van der Waals surface area contributed by atoms with Crippen molar-refractivity contribution in [3.8, 4) is 5.75 Å². The van der Waals surface area contributed by atoms with Gasteiger partial charge in [0.1, 0.15) is 17.6 Å². The van der Waals surface area contributed by atoms with Crippen LogP contribution >= 0.6 is 11.6 Å². The average Bonchev–Trinajstić information content (AvgIpc) is 3.41. The van der Waals surface area contributed by atoms with Gasteiger partial charge in [0, 0.05) is 6.54 Å². The number of para-hydroxylation sites is 1. The predicted molar refractivity (Wildman–Crippen MR) is 134 cm³/mol. The third-order valence-corrected chi connectivity index (χ3v) is 5.71. The van der Waals surface area contributed by atoms with E-state index in [1.165, 1.54) is 4.90 Å². The van der Waals surface area contributed by atoms with Crippen LogP contribution in [-0.2, 0) is 22.7 Å². The molecule has 4 rings (SSSR count). The van der Waals surface area contributed by atoms with Gasteiger partial charge >= 0.3 is 0 Å². The van der Waals surface area contributed by atoms with Gasteiger partial charge < -0.3 is 19.4 Å². The van der Waals surface area contributed by atoms with E-state index >= 15 is 0 Å². The second-order valence-electron chi connectivity index (χ2n) is 7.84. The number of carbonyl (C=O) groups is 2. The molecule has 0 bridgehead atoms. The van der Waals surface area contributed by atoms with Gasteiger partial charge in [-0.1, -0.05) is 84.4 Å². The molecule has 0 spiro atoms. The maximum Gasteiger partial charge on any atom is 0.261 e. The van der Waals surface area contributed by atoms with Crippen molar-refractivity contribution in [2.45, 2.75) is 19.1 Å². The molecule has 6 nitrogen and oxygen atoms in total. The Balaban J connectivity index is 1.62. The molecular formula is C28H25ClN2O4. The molecule has 0 saturated heterocycles. The molecule has 0 unspecified atom stereocenters. The van der Waals surface area contributed by atoms with Crippen LogP contribution < -0.4 is 10.1 Å². The molecule has 1 N–H and O–H groups in total. The summed E-state index contributed by atoms with van der Waals surface area (Å²) in [5.41, 5.74) is 1.57. The molecule has 0 fully saturated rings. The summed E-state index contributed by atoms with van der Waals surface area (Å²) in [5.74, 6) is 0.347. The minimum Gasteiger partial charge on any atom is -0.482 e. The lowest BCUT2D eigenvalue weighted by molar-refractivity contribution is -0.143. The topological polar surface area (TPSA) is 71.8 Å². The number of hydrogen-bond acceptors (Lipinski definition) is 4. The number of nitrogens with zero attached hydrogens (tertiary/aromatic N) is 1. The standard InChI is InChI=1S/C28H25ClN2O4/c29-24-15-7-8-16-25(24)35-20-26(32)31(19-21-10-3-1-4-11-21)27(22-12-5-2-6-13-22)28(33)30-18-23-14-9-17-34-23/h1-17,27H,18-20H2,(H,30,33)/t27-/m0/s1. The summed E-state index contributed by atoms with van der Waals surface area (Å²) in [5, 5.41) is 3.31. The molecule has 0 radical (unpaired) electrons. The smallest absolute Gasteiger partial charge is 0.261 e. The molecule has 35 heavy (non-hydrogen) atoms. The molecule has 0 aliphatic rings. The van der Waals surface area contributed by atoms with Crippen molar-refractivity contribution in [3.63, 3.8) is 0 Å². The molecule has 7 heteroatoms. The first-order valence-corrected chi connectivity index (χ1v) is 11.6. The minimum atomic E-state index is -0.881. The van der Waals surface area contributed by atoms with E-state index in [0.717, 1.165) is 5.56 Å². The Kier molecular flexibility index (Phi) is 8.20. The van der Waals surface area contributed by atoms with Crippen LogP contribution in [0.3, 0.4) is 0 Å². The summed E-state index contributed by atoms with van der Waals surface area (Å²) in [4.78, 5) is 28.6. The van der Waals surface area contributed by atoms with Gasteiger partial charge in [-0.3, -0.25) is 9.59 Å². The molecule has 0 aliphatic heterocycles. The van der Waals surface area contributed by atoms with Crippen LogP contribution in [0, 0.1) is 0 Å². The molecule has 1 atom stereocenters. The Morgan fingerprint density at radius 2 is 1.57 bits per heavy atom. The van der Waals surface area contributed by atoms with Crippen LogP contribution in [0.1, 0.15) is 22.9 Å². The SMILES string of the molecule is O=C(NCc1ccco1)[C@H](c1ccccc1)N(Cc1ccccc1)C(=O)COc1ccccc1Cl. The van der Waals surface area contributed by atoms with Gasteiger partial charge in [-0.15, -0.1) is 0 Å². The summed E-state index contributed by atoms with van der Waals surface area (Å²) in [6.07, 6.45) is 1.55. The van der Waals surface area contributed by atoms with Crippen molar-refractivity contribution < 1.29 is 18.7 Å². The Labute approximate surface area is 209 Å². The number of carbonyl (C=O) groups excluding carboxylic acids is 2. The number of benzene rings is 3. The summed E-state index contributed by atoms with van der Waals surface area (Å²) >= 11 is 6.19. The molecule has 178 valence electrons. The molecule has 1 aromatic heterocycles. The highest BCUT2D eigenvalue weighted by molar-refractivity contribution is 6.32. The fraction of sp³-hybridized carbons (Fsp3) is 0.143. The summed E-state index contributed by atoms with van der Waals surface area (Å²) in [6, 6.07) is 28.3. The van der Waals surface area contributed by atoms with E-state index in [9.17, 15) is 9.59 Å². The largest absolute Gasteiger partial charge is 0.482 e. The van der Waals surface area contributed by atoms with Crippen molar-refractivity contribution in [1.29, 1.82) is 0 Å². The maximum atomic E-state index is 13.5. The second kappa shape index (κ2) is 11.9. The lowest BCUT2D eigenvalue weighted by Crippen LogP contribution is -2.45. The van der Waals surface area contributed by atoms with E-state index in [1.807, 2.05) is 60.7 Å². The monoisotopic (exact) mass is 488 g/mol. The fourth-order valence-corrected chi connectivity index (χ4v) is 3.87. The van der Waals surface area contributed by atoms with Gasteiger partial charge in [-0.25, -0.2) is 0 Å². The summed E-state index contributed by atoms with van der Waals surface area (Å²) in [6.45, 7) is 0.156. The molecule has 3 aromatic carbocycles. The van der Waals surface area contributed by atoms with Crippen LogP contribution in [0.15, 0.2) is 108 Å². The summed E-state index contributed by atoms with van der Waals surface area (Å²) < 4.78 is 11.1. The van der Waals surface area contributed by atoms with Crippen molar-refractivity contribution in [1.82, 2.24) is 10.2 Å². The van der Waals surface area contributed by atoms with Gasteiger partial charge in [0.2, 0.25) is 5.91 Å². The number of halogens is 1. The molecule has 0 saturated carbocycles. The molecule has 1 heterocycles. The van der Waals surface area contributed by atoms with E-state index in [-0.39, 0.29) is 31.5 Å². The normalized spacial score (nSPS) is 11.5. The van der Waals surface area contributed by atoms with Gasteiger partial charge in [0.05, 0.1) is 17.8 Å². The van der Waals surface area contributed by atoms with Crippen LogP contribution in [0.5, 0.6) is 5.75 Å². The Bertz CT molecular complexity index is 1230. The highest BCUT2D eigenvalue weighted by atomic mass is 35.5. The predicted octanol–water partition coefficient (Wildman–Crippen LogP) is 5.40. The van der Waals surface area contributed by atoms with E-state index in [4.69, 9.17) is 20.8 Å². The first-order chi connectivity index (χ1) is 17.1. The van der Waals surface area contributed by atoms with Crippen LogP contribution in [0.25, 0.3) is 0 Å². The second-order valence-corrected chi connectivity index (χ2v) is 8.24. The van der Waals surface area contributed by atoms with E-state index < -0.39 is 6.04 Å². The van der Waals surface area contributed by atoms with Crippen LogP contribution in [0.2, 0.25) is 5.02 Å². The fourth-order valence-electron chi connectivity index (χ4n) is 3.68. The van der Waals surface area contributed by atoms with Crippen molar-refractivity contribution in [3.05, 3.63) is 125 Å². The quantitative estimate of drug-likeness (QED) is 0.324. The van der Waals surface area contributed by atoms with Crippen molar-refractivity contribution in [2.75, 3.05) is 6.61 Å². The zero-order valence-corrected chi connectivity index (χ0v) is 19.7. The minimum absolute atomic E-state index is 0.207. The zero-order valence-electron chi connectivity index (χ0n) is 19.0. The number of hydrogen-bond donors (Lipinski definition) is 1. The van der Waals surface area contributed by atoms with Crippen molar-refractivity contribution in [2.24, 2.45) is 0 Å². The highest BCUT2D eigenvalue weighted by Gasteiger charge is 2.32. The maximum absolute atomic E-state index is 13.5. The third-order valence-electron chi connectivity index (χ3n) is 5.40. The van der Waals surface area contributed by atoms with E-state index in [1.54, 1.807) is 42.7 Å². The Morgan fingerprint density at radius 3 is 2.26 bits per heavy atom. The molecule has 4 aromatic rings. The van der Waals surface area contributed by atoms with Crippen LogP contribution in [0.4, 0.5) is 0 Å². The van der Waals surface area contributed by atoms with E-state index in [0.29, 0.717) is 22.1 Å². The number of amides is 2. The number of rotatable bonds is 10. The van der Waals surface area contributed by atoms with Gasteiger partial charge in [-0.2, -0.15) is 0 Å². The number of furan rings is 1. The Hall–Kier alpha value is -4.03. The van der Waals surface area contributed by atoms with E-state index in [2.05, 4.69) is 5.32 Å². The van der Waals surface area contributed by atoms with Crippen molar-refractivity contribution >= 4 is 23.4 Å². The first-order valence-electron chi connectivity index (χ1n) is 11.2. The van der Waals surface area contributed by atoms with Gasteiger partial charge in [0.15, 0.2) is 6.61 Å². The van der Waals surface area contributed by atoms with Gasteiger partial charge in [0.25, 0.3) is 5.91 Å². The lowest BCUT2D eigenvalue weighted by Gasteiger charge is -2.31. The highest BCUT2D eigenvalue weighted by Crippen LogP contribution is 2.26. The molecule has 2 amide bonds. The molecule has 0 aliphatic carbocycles. The number of ether oxygens (including phenoxy) is 1. The third kappa shape index (κ3) is 6.52. The lowest BCUT2D eigenvalue weighted by atomic mass is 10.0. The first kappa shape index (κ1) is 24.1. The molecular weight excluding hydrogens is 464 g/mol. The number of nitrogens with one attached hydrogen (secondary N) is 1. The van der Waals surface area contributed by atoms with Crippen LogP contribution in [-0.4, -0.2) is 23.3 Å². The van der Waals surface area contributed by atoms with Gasteiger partial charge in [-0.05, 0) is 35.4 Å². The average molecular weight is 489 g/mol.